The number of rotatable bonds is 5. The first kappa shape index (κ1) is 8.18. The second-order valence-electron chi connectivity index (χ2n) is 5.06. The maximum Gasteiger partial charge on any atom is 0.197 e. The van der Waals surface area contributed by atoms with Gasteiger partial charge >= 0.3 is 0 Å². The van der Waals surface area contributed by atoms with Crippen molar-refractivity contribution in [3.05, 3.63) is 66.1 Å². The Bertz CT molecular complexity index is 1570. The Labute approximate surface area is 168 Å². The van der Waals surface area contributed by atoms with E-state index in [1.165, 1.54) is 19.4 Å². The highest BCUT2D eigenvalue weighted by Crippen LogP contribution is 2.22. The van der Waals surface area contributed by atoms with Crippen LogP contribution in [0, 0.1) is 6.85 Å². The number of H-pyrrole nitrogens is 1. The lowest BCUT2D eigenvalue weighted by Gasteiger charge is -2.08. The molecule has 0 amide bonds. The van der Waals surface area contributed by atoms with Crippen molar-refractivity contribution in [1.29, 1.82) is 0 Å². The van der Waals surface area contributed by atoms with Crippen molar-refractivity contribution in [2.24, 2.45) is 0 Å². The highest BCUT2D eigenvalue weighted by Gasteiger charge is 2.15. The molecule has 0 aliphatic heterocycles. The first-order valence-electron chi connectivity index (χ1n) is 12.7. The molecule has 1 aromatic carbocycles. The van der Waals surface area contributed by atoms with Crippen LogP contribution in [-0.2, 0) is 16.6 Å². The van der Waals surface area contributed by atoms with Gasteiger partial charge in [0.1, 0.15) is 5.75 Å². The van der Waals surface area contributed by atoms with Crippen molar-refractivity contribution in [2.75, 3.05) is 7.11 Å². The molecular formula is C19H18N4O2S. The normalized spacial score (nSPS) is 18.9. The molecule has 1 unspecified atom stereocenters. The molecule has 1 N–H and O–H groups in total. The van der Waals surface area contributed by atoms with Crippen LogP contribution >= 0.6 is 0 Å². The average molecular weight is 378 g/mol. The standard InChI is InChI=1S/C19H18N4O2S/c1-13-17(20-8-7-18(13)25-2)12-26(24)19-21-15-6-5-14(11-16(15)22-19)23-9-3-4-10-23/h3-11H,12H2,1-2H3,(H,21,22)/i1D3,3D,4D,5D,6D,9D,10D,11D/hD. The van der Waals surface area contributed by atoms with Crippen LogP contribution in [0.3, 0.4) is 0 Å². The van der Waals surface area contributed by atoms with E-state index in [1.807, 2.05) is 0 Å². The van der Waals surface area contributed by atoms with Gasteiger partial charge in [-0.15, -0.1) is 0 Å². The Morgan fingerprint density at radius 1 is 1.42 bits per heavy atom. The highest BCUT2D eigenvalue weighted by molar-refractivity contribution is 7.84. The second-order valence-corrected chi connectivity index (χ2v) is 6.41. The molecule has 1 atom stereocenters. The molecule has 0 bridgehead atoms. The van der Waals surface area contributed by atoms with Crippen molar-refractivity contribution < 1.29 is 24.1 Å². The maximum atomic E-state index is 13.3. The molecule has 0 spiro atoms. The predicted molar refractivity (Wildman–Crippen MR) is 101 cm³/mol. The van der Waals surface area contributed by atoms with Gasteiger partial charge in [-0.1, -0.05) is 0 Å². The van der Waals surface area contributed by atoms with Crippen molar-refractivity contribution >= 4 is 21.8 Å². The summed E-state index contributed by atoms with van der Waals surface area (Å²) in [5.41, 5.74) is -1.45. The van der Waals surface area contributed by atoms with Crippen LogP contribution in [0.1, 0.15) is 25.0 Å². The number of fused-ring (bicyclic) bond motifs is 1. The Morgan fingerprint density at radius 2 is 2.27 bits per heavy atom. The Hall–Kier alpha value is -2.93. The fourth-order valence-corrected chi connectivity index (χ4v) is 3.22. The summed E-state index contributed by atoms with van der Waals surface area (Å²) in [6.45, 7) is -2.65. The fraction of sp³-hybridized carbons (Fsp3) is 0.158. The molecular weight excluding hydrogens is 348 g/mol. The largest absolute Gasteiger partial charge is 0.496 e. The van der Waals surface area contributed by atoms with Crippen LogP contribution in [0.15, 0.2) is 60.0 Å². The van der Waals surface area contributed by atoms with Gasteiger partial charge in [0.25, 0.3) is 0 Å². The fourth-order valence-electron chi connectivity index (χ4n) is 2.23. The van der Waals surface area contributed by atoms with E-state index in [1.54, 1.807) is 0 Å². The van der Waals surface area contributed by atoms with E-state index in [9.17, 15) is 4.21 Å². The van der Waals surface area contributed by atoms with Crippen LogP contribution in [0.2, 0.25) is 1.41 Å². The maximum absolute atomic E-state index is 13.3. The number of hydrogen-bond donors (Lipinski definition) is 1. The topological polar surface area (TPSA) is 72.8 Å². The van der Waals surface area contributed by atoms with Gasteiger partial charge in [0.05, 0.1) is 50.0 Å². The molecule has 0 saturated heterocycles. The average Bonchev–Trinajstić information content (AvgIpc) is 3.28. The molecule has 3 aromatic heterocycles. The number of hydrogen-bond acceptors (Lipinski definition) is 4. The lowest BCUT2D eigenvalue weighted by molar-refractivity contribution is 0.410. The summed E-state index contributed by atoms with van der Waals surface area (Å²) in [6.07, 6.45) is 0.0132. The summed E-state index contributed by atoms with van der Waals surface area (Å²) in [5.74, 6) is -0.470. The zero-order chi connectivity index (χ0) is 27.6. The van der Waals surface area contributed by atoms with E-state index in [2.05, 4.69) is 9.97 Å². The number of pyridine rings is 1. The van der Waals surface area contributed by atoms with E-state index in [0.717, 1.165) is 0 Å². The molecule has 7 heteroatoms. The number of benzene rings is 1. The summed E-state index contributed by atoms with van der Waals surface area (Å²) in [4.78, 5) is 8.62. The van der Waals surface area contributed by atoms with E-state index in [0.29, 0.717) is 9.54 Å². The van der Waals surface area contributed by atoms with Gasteiger partial charge in [-0.05, 0) is 43.1 Å². The minimum absolute atomic E-state index is 0.0124. The van der Waals surface area contributed by atoms with Crippen molar-refractivity contribution in [2.45, 2.75) is 17.8 Å². The highest BCUT2D eigenvalue weighted by atomic mass is 32.2. The quantitative estimate of drug-likeness (QED) is 0.579. The van der Waals surface area contributed by atoms with E-state index < -0.39 is 76.8 Å². The predicted octanol–water partition coefficient (Wildman–Crippen LogP) is 3.37. The zero-order valence-corrected chi connectivity index (χ0v) is 14.2. The molecule has 4 aromatic rings. The van der Waals surface area contributed by atoms with Crippen LogP contribution in [0.25, 0.3) is 16.7 Å². The molecule has 6 nitrogen and oxygen atoms in total. The van der Waals surface area contributed by atoms with Gasteiger partial charge in [0, 0.05) is 33.9 Å². The minimum Gasteiger partial charge on any atom is -0.496 e. The van der Waals surface area contributed by atoms with Crippen LogP contribution in [0.5, 0.6) is 5.75 Å². The molecule has 0 aliphatic rings. The van der Waals surface area contributed by atoms with Crippen LogP contribution < -0.4 is 4.74 Å². The van der Waals surface area contributed by atoms with Gasteiger partial charge in [-0.2, -0.15) is 0 Å². The molecule has 0 radical (unpaired) electrons. The summed E-state index contributed by atoms with van der Waals surface area (Å²) in [7, 11) is -0.912. The molecule has 26 heavy (non-hydrogen) atoms. The van der Waals surface area contributed by atoms with Gasteiger partial charge in [0.2, 0.25) is 0 Å². The number of nitrogens with one attached hydrogen (secondary N) is 1. The van der Waals surface area contributed by atoms with Crippen molar-refractivity contribution in [3.63, 3.8) is 0 Å². The molecule has 3 heterocycles. The lowest BCUT2D eigenvalue weighted by atomic mass is 10.2. The monoisotopic (exact) mass is 377 g/mol. The number of imidazole rings is 1. The summed E-state index contributed by atoms with van der Waals surface area (Å²) in [6, 6.07) is -1.69. The summed E-state index contributed by atoms with van der Waals surface area (Å²) in [5, 5.41) is -0.443. The number of nitrogens with zero attached hydrogens (tertiary/aromatic N) is 3. The third-order valence-electron chi connectivity index (χ3n) is 3.48. The molecule has 0 saturated carbocycles. The third-order valence-corrected chi connectivity index (χ3v) is 4.60. The first-order valence-corrected chi connectivity index (χ1v) is 8.61. The lowest BCUT2D eigenvalue weighted by Crippen LogP contribution is -2.03. The van der Waals surface area contributed by atoms with Gasteiger partial charge < -0.3 is 14.3 Å². The number of ether oxygens (including phenoxy) is 1. The first-order chi connectivity index (χ1) is 17.2. The minimum atomic E-state index is -2.65. The molecule has 4 rings (SSSR count). The number of aromatic nitrogens is 4. The Morgan fingerprint density at radius 3 is 3.04 bits per heavy atom. The number of methoxy groups -OCH3 is 1. The smallest absolute Gasteiger partial charge is 0.197 e. The Balaban J connectivity index is 1.90. The van der Waals surface area contributed by atoms with Crippen molar-refractivity contribution in [1.82, 2.24) is 19.5 Å². The van der Waals surface area contributed by atoms with Crippen LogP contribution in [0.4, 0.5) is 0 Å². The van der Waals surface area contributed by atoms with Crippen LogP contribution in [-0.4, -0.2) is 30.8 Å². The van der Waals surface area contributed by atoms with Gasteiger partial charge in [-0.25, -0.2) is 4.98 Å². The molecule has 132 valence electrons. The SMILES string of the molecule is [2H]c1c(-n2c([2H])c([2H])c([2H])c2[2H])c([2H])c2nc(S(=O)Cc3nccc(OC)c3C([2H])([2H])[2H])n([2H])c2c1[2H]. The van der Waals surface area contributed by atoms with E-state index >= 15 is 0 Å². The molecule has 0 fully saturated rings. The second kappa shape index (κ2) is 6.76. The van der Waals surface area contributed by atoms with Crippen molar-refractivity contribution in [3.8, 4) is 11.4 Å². The van der Waals surface area contributed by atoms with Gasteiger partial charge in [0.15, 0.2) is 6.57 Å². The molecule has 0 aliphatic carbocycles. The zero-order valence-electron chi connectivity index (χ0n) is 24.4. The van der Waals surface area contributed by atoms with Gasteiger partial charge in [-0.3, -0.25) is 9.19 Å². The van der Waals surface area contributed by atoms with E-state index in [-0.39, 0.29) is 28.0 Å². The summed E-state index contributed by atoms with van der Waals surface area (Å²) >= 11 is 0. The third kappa shape index (κ3) is 3.01. The Kier molecular flexibility index (Phi) is 2.13. The number of aromatic amines is 1. The summed E-state index contributed by atoms with van der Waals surface area (Å²) < 4.78 is 108. The van der Waals surface area contributed by atoms with E-state index in [4.69, 9.17) is 19.9 Å².